The number of methoxy groups -OCH3 is 2. The number of nitrogens with one attached hydrogen (secondary N) is 2. The first-order chi connectivity index (χ1) is 10.7. The lowest BCUT2D eigenvalue weighted by atomic mass is 10.1. The number of ether oxygens (including phenoxy) is 2. The average molecular weight is 303 g/mol. The van der Waals surface area contributed by atoms with Gasteiger partial charge in [-0.3, -0.25) is 4.79 Å². The Hall–Kier alpha value is -2.68. The summed E-state index contributed by atoms with van der Waals surface area (Å²) in [4.78, 5) is 11.8. The summed E-state index contributed by atoms with van der Waals surface area (Å²) in [5.74, 6) is 0.927. The second-order valence-electron chi connectivity index (χ2n) is 4.42. The van der Waals surface area contributed by atoms with Crippen LogP contribution in [0.15, 0.2) is 30.0 Å². The number of amides is 1. The zero-order valence-electron chi connectivity index (χ0n) is 13.1. The molecule has 0 unspecified atom stereocenters. The van der Waals surface area contributed by atoms with E-state index in [9.17, 15) is 4.79 Å². The number of carbonyl (C=O) groups is 1. The molecule has 0 fully saturated rings. The summed E-state index contributed by atoms with van der Waals surface area (Å²) in [5.41, 5.74) is 1.07. The Morgan fingerprint density at radius 2 is 2.05 bits per heavy atom. The number of carbonyl (C=O) groups excluding carboxylic acids is 1. The lowest BCUT2D eigenvalue weighted by Gasteiger charge is -2.10. The molecular weight excluding hydrogens is 282 g/mol. The average Bonchev–Trinajstić information content (AvgIpc) is 2.55. The first-order valence-electron chi connectivity index (χ1n) is 6.99. The van der Waals surface area contributed by atoms with E-state index < -0.39 is 0 Å². The molecule has 0 saturated carbocycles. The molecule has 1 aromatic rings. The number of nitriles is 1. The Morgan fingerprint density at radius 3 is 2.64 bits per heavy atom. The van der Waals surface area contributed by atoms with Crippen molar-refractivity contribution < 1.29 is 14.3 Å². The summed E-state index contributed by atoms with van der Waals surface area (Å²) in [6, 6.07) is 7.47. The third-order valence-electron chi connectivity index (χ3n) is 2.96. The van der Waals surface area contributed by atoms with Crippen LogP contribution in [0.3, 0.4) is 0 Å². The minimum Gasteiger partial charge on any atom is -0.493 e. The van der Waals surface area contributed by atoms with Crippen LogP contribution in [-0.4, -0.2) is 33.2 Å². The number of rotatable bonds is 8. The highest BCUT2D eigenvalue weighted by Crippen LogP contribution is 2.27. The number of hydrogen-bond donors (Lipinski definition) is 2. The van der Waals surface area contributed by atoms with Gasteiger partial charge in [0.15, 0.2) is 11.5 Å². The second kappa shape index (κ2) is 9.29. The van der Waals surface area contributed by atoms with Crippen molar-refractivity contribution in [2.24, 2.45) is 0 Å². The Bertz CT molecular complexity index is 576. The molecule has 118 valence electrons. The number of hydrogen-bond acceptors (Lipinski definition) is 5. The SMILES string of the molecule is CCN/C=C(/C#N)C(=O)NCCc1ccc(OC)c(OC)c1. The molecule has 0 aliphatic rings. The fraction of sp³-hybridized carbons (Fsp3) is 0.375. The van der Waals surface area contributed by atoms with Crippen molar-refractivity contribution in [2.75, 3.05) is 27.3 Å². The fourth-order valence-electron chi connectivity index (χ4n) is 1.80. The molecule has 22 heavy (non-hydrogen) atoms. The summed E-state index contributed by atoms with van der Waals surface area (Å²) in [6.07, 6.45) is 2.05. The molecule has 0 aromatic heterocycles. The van der Waals surface area contributed by atoms with E-state index in [0.29, 0.717) is 31.0 Å². The van der Waals surface area contributed by atoms with Gasteiger partial charge in [0.2, 0.25) is 0 Å². The maximum Gasteiger partial charge on any atom is 0.263 e. The Labute approximate surface area is 130 Å². The van der Waals surface area contributed by atoms with Crippen LogP contribution in [0.5, 0.6) is 11.5 Å². The van der Waals surface area contributed by atoms with E-state index in [-0.39, 0.29) is 11.5 Å². The third kappa shape index (κ3) is 5.02. The topological polar surface area (TPSA) is 83.4 Å². The highest BCUT2D eigenvalue weighted by atomic mass is 16.5. The van der Waals surface area contributed by atoms with Crippen LogP contribution >= 0.6 is 0 Å². The van der Waals surface area contributed by atoms with Gasteiger partial charge >= 0.3 is 0 Å². The lowest BCUT2D eigenvalue weighted by molar-refractivity contribution is -0.117. The van der Waals surface area contributed by atoms with E-state index in [4.69, 9.17) is 14.7 Å². The quantitative estimate of drug-likeness (QED) is 0.560. The van der Waals surface area contributed by atoms with Gasteiger partial charge in [0.1, 0.15) is 11.6 Å². The van der Waals surface area contributed by atoms with Crippen molar-refractivity contribution in [1.29, 1.82) is 5.26 Å². The van der Waals surface area contributed by atoms with Crippen LogP contribution in [0.25, 0.3) is 0 Å². The first-order valence-corrected chi connectivity index (χ1v) is 6.99. The van der Waals surface area contributed by atoms with Gasteiger partial charge in [0.25, 0.3) is 5.91 Å². The maximum atomic E-state index is 11.8. The molecule has 0 aliphatic carbocycles. The van der Waals surface area contributed by atoms with Crippen LogP contribution in [0.1, 0.15) is 12.5 Å². The van der Waals surface area contributed by atoms with Gasteiger partial charge in [-0.1, -0.05) is 6.07 Å². The minimum absolute atomic E-state index is 0.0640. The van der Waals surface area contributed by atoms with Gasteiger partial charge < -0.3 is 20.1 Å². The minimum atomic E-state index is -0.385. The molecule has 2 N–H and O–H groups in total. The molecule has 0 bridgehead atoms. The number of nitrogens with zero attached hydrogens (tertiary/aromatic N) is 1. The Balaban J connectivity index is 2.57. The molecule has 1 rings (SSSR count). The standard InChI is InChI=1S/C16H21N3O3/c1-4-18-11-13(10-17)16(20)19-8-7-12-5-6-14(21-2)15(9-12)22-3/h5-6,9,11,18H,4,7-8H2,1-3H3,(H,19,20)/b13-11-. The molecule has 0 spiro atoms. The van der Waals surface area contributed by atoms with Crippen molar-refractivity contribution in [3.05, 3.63) is 35.5 Å². The molecule has 1 aromatic carbocycles. The molecule has 1 amide bonds. The van der Waals surface area contributed by atoms with Gasteiger partial charge in [-0.25, -0.2) is 0 Å². The van der Waals surface area contributed by atoms with E-state index in [1.165, 1.54) is 6.20 Å². The smallest absolute Gasteiger partial charge is 0.263 e. The molecule has 0 saturated heterocycles. The maximum absolute atomic E-state index is 11.8. The van der Waals surface area contributed by atoms with Crippen LogP contribution in [0.2, 0.25) is 0 Å². The van der Waals surface area contributed by atoms with Crippen molar-refractivity contribution in [1.82, 2.24) is 10.6 Å². The van der Waals surface area contributed by atoms with Crippen molar-refractivity contribution in [3.63, 3.8) is 0 Å². The highest BCUT2D eigenvalue weighted by molar-refractivity contribution is 5.97. The predicted octanol–water partition coefficient (Wildman–Crippen LogP) is 1.38. The highest BCUT2D eigenvalue weighted by Gasteiger charge is 2.08. The van der Waals surface area contributed by atoms with E-state index in [0.717, 1.165) is 5.56 Å². The van der Waals surface area contributed by atoms with Crippen molar-refractivity contribution in [2.45, 2.75) is 13.3 Å². The summed E-state index contributed by atoms with van der Waals surface area (Å²) >= 11 is 0. The monoisotopic (exact) mass is 303 g/mol. The van der Waals surface area contributed by atoms with Gasteiger partial charge in [-0.15, -0.1) is 0 Å². The Kier molecular flexibility index (Phi) is 7.34. The van der Waals surface area contributed by atoms with Gasteiger partial charge in [-0.05, 0) is 31.0 Å². The summed E-state index contributed by atoms with van der Waals surface area (Å²) in [5, 5.41) is 14.5. The number of benzene rings is 1. The summed E-state index contributed by atoms with van der Waals surface area (Å²) < 4.78 is 10.4. The van der Waals surface area contributed by atoms with Crippen molar-refractivity contribution >= 4 is 5.91 Å². The molecule has 6 nitrogen and oxygen atoms in total. The van der Waals surface area contributed by atoms with Crippen LogP contribution < -0.4 is 20.1 Å². The Morgan fingerprint density at radius 1 is 1.32 bits per heavy atom. The normalized spacial score (nSPS) is 10.5. The second-order valence-corrected chi connectivity index (χ2v) is 4.42. The van der Waals surface area contributed by atoms with Crippen LogP contribution in [-0.2, 0) is 11.2 Å². The predicted molar refractivity (Wildman–Crippen MR) is 83.6 cm³/mol. The molecule has 0 aliphatic heterocycles. The van der Waals surface area contributed by atoms with Gasteiger partial charge in [0.05, 0.1) is 14.2 Å². The molecule has 6 heteroatoms. The largest absolute Gasteiger partial charge is 0.493 e. The van der Waals surface area contributed by atoms with Crippen LogP contribution in [0.4, 0.5) is 0 Å². The van der Waals surface area contributed by atoms with Gasteiger partial charge in [-0.2, -0.15) is 5.26 Å². The third-order valence-corrected chi connectivity index (χ3v) is 2.96. The van der Waals surface area contributed by atoms with E-state index in [2.05, 4.69) is 10.6 Å². The zero-order chi connectivity index (χ0) is 16.4. The molecule has 0 radical (unpaired) electrons. The fourth-order valence-corrected chi connectivity index (χ4v) is 1.80. The lowest BCUT2D eigenvalue weighted by Crippen LogP contribution is -2.27. The van der Waals surface area contributed by atoms with Crippen LogP contribution in [0, 0.1) is 11.3 Å². The summed E-state index contributed by atoms with van der Waals surface area (Å²) in [7, 11) is 3.16. The van der Waals surface area contributed by atoms with E-state index >= 15 is 0 Å². The van der Waals surface area contributed by atoms with E-state index in [1.54, 1.807) is 14.2 Å². The molecule has 0 heterocycles. The molecular formula is C16H21N3O3. The van der Waals surface area contributed by atoms with E-state index in [1.807, 2.05) is 31.2 Å². The van der Waals surface area contributed by atoms with Gasteiger partial charge in [0, 0.05) is 19.3 Å². The molecule has 0 atom stereocenters. The summed E-state index contributed by atoms with van der Waals surface area (Å²) in [6.45, 7) is 2.98. The van der Waals surface area contributed by atoms with Crippen molar-refractivity contribution in [3.8, 4) is 17.6 Å². The first kappa shape index (κ1) is 17.4. The zero-order valence-corrected chi connectivity index (χ0v) is 13.1.